The van der Waals surface area contributed by atoms with Crippen molar-refractivity contribution in [3.8, 4) is 11.5 Å². The molecule has 0 bridgehead atoms. The zero-order valence-corrected chi connectivity index (χ0v) is 11.6. The normalized spacial score (nSPS) is 12.9. The van der Waals surface area contributed by atoms with Crippen LogP contribution in [0.1, 0.15) is 37.6 Å². The molecule has 0 aliphatic heterocycles. The number of nitrogens with two attached hydrogens (primary N) is 1. The van der Waals surface area contributed by atoms with Crippen molar-refractivity contribution in [3.63, 3.8) is 0 Å². The molecule has 0 radical (unpaired) electrons. The molecule has 1 unspecified atom stereocenters. The van der Waals surface area contributed by atoms with Gasteiger partial charge in [-0.05, 0) is 30.9 Å². The van der Waals surface area contributed by atoms with Crippen LogP contribution in [0.4, 0.5) is 0 Å². The summed E-state index contributed by atoms with van der Waals surface area (Å²) in [5.74, 6) is 1.80. The Balaban J connectivity index is 2.26. The minimum Gasteiger partial charge on any atom is -0.339 e. The summed E-state index contributed by atoms with van der Waals surface area (Å²) in [6.45, 7) is 6.81. The van der Waals surface area contributed by atoms with Crippen molar-refractivity contribution in [2.75, 3.05) is 6.54 Å². The molecule has 0 saturated carbocycles. The van der Waals surface area contributed by atoms with Gasteiger partial charge in [-0.1, -0.05) is 25.1 Å². The van der Waals surface area contributed by atoms with Crippen LogP contribution >= 0.6 is 0 Å². The van der Waals surface area contributed by atoms with Crippen molar-refractivity contribution in [1.82, 2.24) is 15.1 Å². The quantitative estimate of drug-likeness (QED) is 0.893. The minimum absolute atomic E-state index is 0.116. The van der Waals surface area contributed by atoms with Crippen LogP contribution in [0, 0.1) is 12.8 Å². The maximum absolute atomic E-state index is 5.79. The second-order valence-electron chi connectivity index (χ2n) is 5.19. The van der Waals surface area contributed by atoms with Crippen LogP contribution in [-0.4, -0.2) is 21.7 Å². The van der Waals surface area contributed by atoms with Crippen molar-refractivity contribution in [3.05, 3.63) is 29.8 Å². The van der Waals surface area contributed by atoms with E-state index in [0.29, 0.717) is 24.2 Å². The average molecular weight is 260 g/mol. The highest BCUT2D eigenvalue weighted by Crippen LogP contribution is 2.24. The van der Waals surface area contributed by atoms with E-state index >= 15 is 0 Å². The Hall–Kier alpha value is -1.75. The Morgan fingerprint density at radius 2 is 2.16 bits per heavy atom. The zero-order valence-electron chi connectivity index (χ0n) is 11.6. The van der Waals surface area contributed by atoms with Crippen LogP contribution in [0.3, 0.4) is 0 Å². The monoisotopic (exact) mass is 260 g/mol. The first-order valence-corrected chi connectivity index (χ1v) is 6.57. The second kappa shape index (κ2) is 5.93. The van der Waals surface area contributed by atoms with Crippen LogP contribution in [0.25, 0.3) is 11.5 Å². The van der Waals surface area contributed by atoms with Gasteiger partial charge in [0, 0.05) is 12.7 Å². The summed E-state index contributed by atoms with van der Waals surface area (Å²) in [4.78, 5) is 8.74. The van der Waals surface area contributed by atoms with Gasteiger partial charge < -0.3 is 10.3 Å². The Kier molecular flexibility index (Phi) is 4.27. The molecule has 1 atom stereocenters. The van der Waals surface area contributed by atoms with E-state index in [4.69, 9.17) is 10.3 Å². The third-order valence-corrected chi connectivity index (χ3v) is 3.05. The molecule has 0 spiro atoms. The molecular weight excluding hydrogens is 240 g/mol. The molecule has 2 rings (SSSR count). The van der Waals surface area contributed by atoms with Gasteiger partial charge >= 0.3 is 0 Å². The van der Waals surface area contributed by atoms with E-state index in [1.807, 2.05) is 19.1 Å². The maximum atomic E-state index is 5.79. The standard InChI is InChI=1S/C14H20N4O/c1-9(2)7-11(8-15)14-17-13(18-19-14)12-10(3)5-4-6-16-12/h4-6,9,11H,7-8,15H2,1-3H3. The number of hydrogen-bond acceptors (Lipinski definition) is 5. The van der Waals surface area contributed by atoms with E-state index in [0.717, 1.165) is 17.7 Å². The first-order valence-electron chi connectivity index (χ1n) is 6.57. The lowest BCUT2D eigenvalue weighted by Gasteiger charge is -2.11. The number of pyridine rings is 1. The predicted octanol–water partition coefficient (Wildman–Crippen LogP) is 2.53. The fraction of sp³-hybridized carbons (Fsp3) is 0.500. The highest BCUT2D eigenvalue weighted by atomic mass is 16.5. The van der Waals surface area contributed by atoms with Crippen molar-refractivity contribution in [2.24, 2.45) is 11.7 Å². The van der Waals surface area contributed by atoms with E-state index in [1.54, 1.807) is 6.20 Å². The highest BCUT2D eigenvalue weighted by molar-refractivity contribution is 5.53. The van der Waals surface area contributed by atoms with Crippen molar-refractivity contribution >= 4 is 0 Å². The highest BCUT2D eigenvalue weighted by Gasteiger charge is 2.20. The Labute approximate surface area is 113 Å². The lowest BCUT2D eigenvalue weighted by molar-refractivity contribution is 0.334. The van der Waals surface area contributed by atoms with E-state index in [-0.39, 0.29) is 5.92 Å². The number of nitrogens with zero attached hydrogens (tertiary/aromatic N) is 3. The van der Waals surface area contributed by atoms with Crippen LogP contribution in [0.5, 0.6) is 0 Å². The SMILES string of the molecule is Cc1cccnc1-c1noc(C(CN)CC(C)C)n1. The molecule has 2 aromatic rings. The van der Waals surface area contributed by atoms with Gasteiger partial charge in [-0.3, -0.25) is 4.98 Å². The average Bonchev–Trinajstić information content (AvgIpc) is 2.85. The van der Waals surface area contributed by atoms with E-state index in [2.05, 4.69) is 29.0 Å². The summed E-state index contributed by atoms with van der Waals surface area (Å²) in [5, 5.41) is 4.02. The smallest absolute Gasteiger partial charge is 0.231 e. The fourth-order valence-electron chi connectivity index (χ4n) is 2.08. The van der Waals surface area contributed by atoms with E-state index in [9.17, 15) is 0 Å². The topological polar surface area (TPSA) is 77.8 Å². The van der Waals surface area contributed by atoms with Crippen molar-refractivity contribution < 1.29 is 4.52 Å². The van der Waals surface area contributed by atoms with Crippen molar-refractivity contribution in [1.29, 1.82) is 0 Å². The van der Waals surface area contributed by atoms with Crippen molar-refractivity contribution in [2.45, 2.75) is 33.1 Å². The van der Waals surface area contributed by atoms with Crippen LogP contribution in [0.15, 0.2) is 22.9 Å². The van der Waals surface area contributed by atoms with Gasteiger partial charge in [0.15, 0.2) is 0 Å². The molecular formula is C14H20N4O. The largest absolute Gasteiger partial charge is 0.339 e. The summed E-state index contributed by atoms with van der Waals surface area (Å²) < 4.78 is 5.35. The third kappa shape index (κ3) is 3.17. The number of rotatable bonds is 5. The number of aromatic nitrogens is 3. The van der Waals surface area contributed by atoms with Gasteiger partial charge in [0.05, 0.1) is 5.92 Å². The van der Waals surface area contributed by atoms with Gasteiger partial charge in [-0.15, -0.1) is 0 Å². The summed E-state index contributed by atoms with van der Waals surface area (Å²) in [5.41, 5.74) is 7.58. The zero-order chi connectivity index (χ0) is 13.8. The van der Waals surface area contributed by atoms with Crippen LogP contribution < -0.4 is 5.73 Å². The predicted molar refractivity (Wildman–Crippen MR) is 73.5 cm³/mol. The molecule has 0 amide bonds. The fourth-order valence-corrected chi connectivity index (χ4v) is 2.08. The summed E-state index contributed by atoms with van der Waals surface area (Å²) >= 11 is 0. The minimum atomic E-state index is 0.116. The van der Waals surface area contributed by atoms with Gasteiger partial charge in [0.1, 0.15) is 5.69 Å². The van der Waals surface area contributed by atoms with Gasteiger partial charge in [-0.2, -0.15) is 4.98 Å². The second-order valence-corrected chi connectivity index (χ2v) is 5.19. The Morgan fingerprint density at radius 3 is 2.79 bits per heavy atom. The molecule has 2 heterocycles. The molecule has 2 aromatic heterocycles. The Morgan fingerprint density at radius 1 is 1.37 bits per heavy atom. The molecule has 102 valence electrons. The summed E-state index contributed by atoms with van der Waals surface area (Å²) in [7, 11) is 0. The lowest BCUT2D eigenvalue weighted by Crippen LogP contribution is -2.15. The molecule has 0 aromatic carbocycles. The molecule has 5 nitrogen and oxygen atoms in total. The van der Waals surface area contributed by atoms with Gasteiger partial charge in [0.2, 0.25) is 11.7 Å². The first-order chi connectivity index (χ1) is 9.11. The number of hydrogen-bond donors (Lipinski definition) is 1. The van der Waals surface area contributed by atoms with Crippen LogP contribution in [-0.2, 0) is 0 Å². The van der Waals surface area contributed by atoms with Crippen LogP contribution in [0.2, 0.25) is 0 Å². The maximum Gasteiger partial charge on any atom is 0.231 e. The van der Waals surface area contributed by atoms with E-state index in [1.165, 1.54) is 0 Å². The molecule has 2 N–H and O–H groups in total. The number of aryl methyl sites for hydroxylation is 1. The van der Waals surface area contributed by atoms with E-state index < -0.39 is 0 Å². The Bertz CT molecular complexity index is 536. The van der Waals surface area contributed by atoms with Gasteiger partial charge in [-0.25, -0.2) is 0 Å². The molecule has 5 heteroatoms. The molecule has 0 aliphatic rings. The molecule has 0 saturated heterocycles. The lowest BCUT2D eigenvalue weighted by atomic mass is 9.97. The molecule has 0 aliphatic carbocycles. The molecule has 0 fully saturated rings. The summed E-state index contributed by atoms with van der Waals surface area (Å²) in [6, 6.07) is 3.87. The molecule has 19 heavy (non-hydrogen) atoms. The first kappa shape index (κ1) is 13.7. The van der Waals surface area contributed by atoms with Gasteiger partial charge in [0.25, 0.3) is 0 Å². The third-order valence-electron chi connectivity index (χ3n) is 3.05. The summed E-state index contributed by atoms with van der Waals surface area (Å²) in [6.07, 6.45) is 2.67.